The third kappa shape index (κ3) is 7.81. The van der Waals surface area contributed by atoms with Crippen molar-refractivity contribution in [1.29, 1.82) is 0 Å². The van der Waals surface area contributed by atoms with Gasteiger partial charge in [-0.05, 0) is 55.5 Å². The Morgan fingerprint density at radius 2 is 1.68 bits per heavy atom. The molecule has 0 bridgehead atoms. The number of rotatable bonds is 12. The molecule has 2 N–H and O–H groups in total. The summed E-state index contributed by atoms with van der Waals surface area (Å²) in [5.74, 6) is 1.37. The molecule has 178 valence electrons. The Hall–Kier alpha value is -3.51. The van der Waals surface area contributed by atoms with Crippen molar-refractivity contribution in [2.75, 3.05) is 37.0 Å². The van der Waals surface area contributed by atoms with Crippen molar-refractivity contribution in [3.05, 3.63) is 84.4 Å². The number of carbonyl (C=O) groups is 1. The van der Waals surface area contributed by atoms with E-state index in [1.807, 2.05) is 66.7 Å². The number of carbonyl (C=O) groups excluding carboxylic acids is 1. The minimum absolute atomic E-state index is 0.132. The van der Waals surface area contributed by atoms with Crippen LogP contribution in [0, 0.1) is 0 Å². The summed E-state index contributed by atoms with van der Waals surface area (Å²) in [4.78, 5) is 12.4. The van der Waals surface area contributed by atoms with Gasteiger partial charge in [0.2, 0.25) is 5.91 Å². The Labute approximate surface area is 201 Å². The molecule has 1 amide bonds. The van der Waals surface area contributed by atoms with Gasteiger partial charge in [0.05, 0.1) is 19.3 Å². The minimum Gasteiger partial charge on any atom is -0.494 e. The van der Waals surface area contributed by atoms with Crippen LogP contribution in [0.25, 0.3) is 0 Å². The number of anilines is 2. The zero-order chi connectivity index (χ0) is 23.4. The lowest BCUT2D eigenvalue weighted by atomic mass is 10.1. The summed E-state index contributed by atoms with van der Waals surface area (Å²) >= 11 is 0. The van der Waals surface area contributed by atoms with E-state index in [0.717, 1.165) is 49.5 Å². The molecule has 6 nitrogen and oxygen atoms in total. The van der Waals surface area contributed by atoms with E-state index in [2.05, 4.69) is 22.8 Å². The molecular formula is C28H32N2O4. The minimum atomic E-state index is -0.132. The molecule has 0 saturated carbocycles. The highest BCUT2D eigenvalue weighted by molar-refractivity contribution is 5.93. The topological polar surface area (TPSA) is 68.8 Å². The average Bonchev–Trinajstić information content (AvgIpc) is 3.39. The Balaban J connectivity index is 1.18. The first-order chi connectivity index (χ1) is 16.7. The molecule has 0 spiro atoms. The molecule has 1 aliphatic rings. The van der Waals surface area contributed by atoms with E-state index >= 15 is 0 Å². The highest BCUT2D eigenvalue weighted by Crippen LogP contribution is 2.20. The van der Waals surface area contributed by atoms with Crippen molar-refractivity contribution in [3.8, 4) is 11.5 Å². The summed E-state index contributed by atoms with van der Waals surface area (Å²) in [5, 5.41) is 6.07. The van der Waals surface area contributed by atoms with Crippen LogP contribution in [0.1, 0.15) is 24.8 Å². The van der Waals surface area contributed by atoms with Crippen LogP contribution in [-0.4, -0.2) is 38.4 Å². The summed E-state index contributed by atoms with van der Waals surface area (Å²) in [6, 6.07) is 25.5. The standard InChI is InChI=1S/C28H32N2O4/c31-28(20-29-23-11-4-14-26(18-23)34-21-27-15-7-17-33-27)30-24-12-5-13-25(19-24)32-16-6-10-22-8-2-1-3-9-22/h1-5,8-9,11-14,18-19,27,29H,6-7,10,15-17,20-21H2,(H,30,31). The van der Waals surface area contributed by atoms with Gasteiger partial charge in [-0.25, -0.2) is 0 Å². The molecular weight excluding hydrogens is 428 g/mol. The van der Waals surface area contributed by atoms with Gasteiger partial charge in [-0.3, -0.25) is 4.79 Å². The zero-order valence-electron chi connectivity index (χ0n) is 19.4. The maximum Gasteiger partial charge on any atom is 0.243 e. The van der Waals surface area contributed by atoms with Crippen LogP contribution in [-0.2, 0) is 16.0 Å². The number of hydrogen-bond acceptors (Lipinski definition) is 5. The van der Waals surface area contributed by atoms with E-state index in [4.69, 9.17) is 14.2 Å². The van der Waals surface area contributed by atoms with Crippen LogP contribution in [0.5, 0.6) is 11.5 Å². The maximum absolute atomic E-state index is 12.4. The van der Waals surface area contributed by atoms with E-state index in [1.165, 1.54) is 5.56 Å². The molecule has 1 unspecified atom stereocenters. The lowest BCUT2D eigenvalue weighted by Crippen LogP contribution is -2.21. The maximum atomic E-state index is 12.4. The summed E-state index contributed by atoms with van der Waals surface area (Å²) in [6.45, 7) is 2.14. The van der Waals surface area contributed by atoms with Gasteiger partial charge in [0.15, 0.2) is 0 Å². The first-order valence-electron chi connectivity index (χ1n) is 11.9. The van der Waals surface area contributed by atoms with Crippen molar-refractivity contribution in [1.82, 2.24) is 0 Å². The van der Waals surface area contributed by atoms with Crippen LogP contribution in [0.15, 0.2) is 78.9 Å². The average molecular weight is 461 g/mol. The molecule has 3 aromatic rings. The van der Waals surface area contributed by atoms with Gasteiger partial charge in [0.1, 0.15) is 18.1 Å². The number of hydrogen-bond donors (Lipinski definition) is 2. The Morgan fingerprint density at radius 1 is 0.912 bits per heavy atom. The van der Waals surface area contributed by atoms with Gasteiger partial charge in [0.25, 0.3) is 0 Å². The van der Waals surface area contributed by atoms with Crippen molar-refractivity contribution >= 4 is 17.3 Å². The first kappa shape index (κ1) is 23.6. The monoisotopic (exact) mass is 460 g/mol. The van der Waals surface area contributed by atoms with E-state index in [-0.39, 0.29) is 18.6 Å². The number of ether oxygens (including phenoxy) is 3. The number of aryl methyl sites for hydroxylation is 1. The summed E-state index contributed by atoms with van der Waals surface area (Å²) in [6.07, 6.45) is 4.21. The molecule has 0 aliphatic carbocycles. The summed E-state index contributed by atoms with van der Waals surface area (Å²) in [7, 11) is 0. The Bertz CT molecular complexity index is 1040. The van der Waals surface area contributed by atoms with Crippen LogP contribution >= 0.6 is 0 Å². The van der Waals surface area contributed by atoms with E-state index in [1.54, 1.807) is 0 Å². The second-order valence-electron chi connectivity index (χ2n) is 8.34. The van der Waals surface area contributed by atoms with Gasteiger partial charge in [0, 0.05) is 30.1 Å². The van der Waals surface area contributed by atoms with Gasteiger partial charge < -0.3 is 24.8 Å². The highest BCUT2D eigenvalue weighted by Gasteiger charge is 2.16. The fourth-order valence-electron chi connectivity index (χ4n) is 3.82. The van der Waals surface area contributed by atoms with E-state index in [0.29, 0.717) is 18.9 Å². The van der Waals surface area contributed by atoms with Crippen molar-refractivity contribution in [2.24, 2.45) is 0 Å². The van der Waals surface area contributed by atoms with Crippen LogP contribution in [0.2, 0.25) is 0 Å². The van der Waals surface area contributed by atoms with Crippen molar-refractivity contribution in [3.63, 3.8) is 0 Å². The third-order valence-electron chi connectivity index (χ3n) is 5.59. The predicted octanol–water partition coefficient (Wildman–Crippen LogP) is 5.31. The summed E-state index contributed by atoms with van der Waals surface area (Å²) in [5.41, 5.74) is 2.84. The molecule has 6 heteroatoms. The van der Waals surface area contributed by atoms with Gasteiger partial charge >= 0.3 is 0 Å². The van der Waals surface area contributed by atoms with Gasteiger partial charge in [-0.1, -0.05) is 42.5 Å². The van der Waals surface area contributed by atoms with Crippen LogP contribution in [0.3, 0.4) is 0 Å². The largest absolute Gasteiger partial charge is 0.494 e. The van der Waals surface area contributed by atoms with Gasteiger partial charge in [-0.2, -0.15) is 0 Å². The second-order valence-corrected chi connectivity index (χ2v) is 8.34. The SMILES string of the molecule is O=C(CNc1cccc(OCC2CCCO2)c1)Nc1cccc(OCCCc2ccccc2)c1. The molecule has 1 heterocycles. The smallest absolute Gasteiger partial charge is 0.243 e. The first-order valence-corrected chi connectivity index (χ1v) is 11.9. The second kappa shape index (κ2) is 12.7. The molecule has 34 heavy (non-hydrogen) atoms. The lowest BCUT2D eigenvalue weighted by molar-refractivity contribution is -0.114. The van der Waals surface area contributed by atoms with Crippen molar-refractivity contribution < 1.29 is 19.0 Å². The molecule has 4 rings (SSSR count). The van der Waals surface area contributed by atoms with E-state index < -0.39 is 0 Å². The summed E-state index contributed by atoms with van der Waals surface area (Å²) < 4.78 is 17.3. The quantitative estimate of drug-likeness (QED) is 0.359. The van der Waals surface area contributed by atoms with Crippen LogP contribution in [0.4, 0.5) is 11.4 Å². The van der Waals surface area contributed by atoms with Crippen molar-refractivity contribution in [2.45, 2.75) is 31.8 Å². The molecule has 1 saturated heterocycles. The Morgan fingerprint density at radius 3 is 2.47 bits per heavy atom. The highest BCUT2D eigenvalue weighted by atomic mass is 16.5. The number of amides is 1. The molecule has 0 aromatic heterocycles. The van der Waals surface area contributed by atoms with Gasteiger partial charge in [-0.15, -0.1) is 0 Å². The fraction of sp³-hybridized carbons (Fsp3) is 0.321. The molecule has 3 aromatic carbocycles. The Kier molecular flexibility index (Phi) is 8.80. The number of benzene rings is 3. The molecule has 1 atom stereocenters. The molecule has 0 radical (unpaired) electrons. The lowest BCUT2D eigenvalue weighted by Gasteiger charge is -2.13. The third-order valence-corrected chi connectivity index (χ3v) is 5.59. The normalized spacial score (nSPS) is 15.0. The van der Waals surface area contributed by atoms with Crippen LogP contribution < -0.4 is 20.1 Å². The zero-order valence-corrected chi connectivity index (χ0v) is 19.4. The number of nitrogens with one attached hydrogen (secondary N) is 2. The van der Waals surface area contributed by atoms with E-state index in [9.17, 15) is 4.79 Å². The molecule has 1 aliphatic heterocycles. The predicted molar refractivity (Wildman–Crippen MR) is 135 cm³/mol. The fourth-order valence-corrected chi connectivity index (χ4v) is 3.82. The molecule has 1 fully saturated rings.